The predicted molar refractivity (Wildman–Crippen MR) is 113 cm³/mol. The quantitative estimate of drug-likeness (QED) is 0.321. The van der Waals surface area contributed by atoms with Gasteiger partial charge >= 0.3 is 21.7 Å². The summed E-state index contributed by atoms with van der Waals surface area (Å²) in [5, 5.41) is 11.9. The van der Waals surface area contributed by atoms with Crippen LogP contribution in [0.4, 0.5) is 0 Å². The number of allylic oxidation sites excluding steroid dienone is 4. The number of hydrogen-bond donors (Lipinski definition) is 0. The minimum Gasteiger partial charge on any atom is -0.663 e. The Balaban J connectivity index is -0.000000122. The maximum atomic E-state index is 3.97. The third kappa shape index (κ3) is 40.2. The SMILES string of the molecule is CC(C)CC1=[C-]CC=C1.CC[N-]CC.CC[N-]CC.CC[N-]CC.[Ti+4]. The van der Waals surface area contributed by atoms with Crippen LogP contribution in [0.25, 0.3) is 16.0 Å². The van der Waals surface area contributed by atoms with Gasteiger partial charge in [0.05, 0.1) is 0 Å². The summed E-state index contributed by atoms with van der Waals surface area (Å²) >= 11 is 0. The fraction of sp³-hybridized carbons (Fsp3) is 0.810. The van der Waals surface area contributed by atoms with Crippen LogP contribution in [0.3, 0.4) is 0 Å². The first-order valence-corrected chi connectivity index (χ1v) is 9.69. The van der Waals surface area contributed by atoms with Crippen LogP contribution < -0.4 is 0 Å². The Morgan fingerprint density at radius 2 is 1.16 bits per heavy atom. The zero-order valence-electron chi connectivity index (χ0n) is 18.2. The van der Waals surface area contributed by atoms with Crippen LogP contribution in [-0.4, -0.2) is 39.3 Å². The Labute approximate surface area is 174 Å². The maximum absolute atomic E-state index is 3.97. The zero-order chi connectivity index (χ0) is 19.1. The van der Waals surface area contributed by atoms with E-state index in [1.165, 1.54) is 12.0 Å². The number of hydrogen-bond acceptors (Lipinski definition) is 0. The van der Waals surface area contributed by atoms with Gasteiger partial charge in [-0.3, -0.25) is 6.08 Å². The van der Waals surface area contributed by atoms with Crippen molar-refractivity contribution in [2.75, 3.05) is 39.3 Å². The van der Waals surface area contributed by atoms with Gasteiger partial charge in [-0.2, -0.15) is 45.3 Å². The van der Waals surface area contributed by atoms with Gasteiger partial charge in [-0.1, -0.05) is 61.8 Å². The molecule has 0 aromatic carbocycles. The third-order valence-corrected chi connectivity index (χ3v) is 2.74. The van der Waals surface area contributed by atoms with Crippen molar-refractivity contribution in [1.29, 1.82) is 0 Å². The topological polar surface area (TPSA) is 42.3 Å². The van der Waals surface area contributed by atoms with E-state index in [0.29, 0.717) is 0 Å². The standard InChI is InChI=1S/C9H13.3C4H10N.Ti/c1-8(2)7-9-5-3-4-6-9;3*1-3-5-4-2;/h3,5,8H,4,7H2,1-2H3;3*3-4H2,1-2H3;/q4*-1;+4. The smallest absolute Gasteiger partial charge is 0.663 e. The summed E-state index contributed by atoms with van der Waals surface area (Å²) in [5.41, 5.74) is 1.39. The molecule has 0 fully saturated rings. The fourth-order valence-corrected chi connectivity index (χ4v) is 1.70. The van der Waals surface area contributed by atoms with E-state index >= 15 is 0 Å². The van der Waals surface area contributed by atoms with E-state index in [1.807, 2.05) is 41.5 Å². The molecule has 0 unspecified atom stereocenters. The average Bonchev–Trinajstić information content (AvgIpc) is 3.04. The van der Waals surface area contributed by atoms with Gasteiger partial charge in [0.15, 0.2) is 0 Å². The van der Waals surface area contributed by atoms with Crippen LogP contribution >= 0.6 is 0 Å². The van der Waals surface area contributed by atoms with Crippen molar-refractivity contribution < 1.29 is 21.7 Å². The molecule has 0 atom stereocenters. The second kappa shape index (κ2) is 31.8. The summed E-state index contributed by atoms with van der Waals surface area (Å²) < 4.78 is 0. The van der Waals surface area contributed by atoms with Gasteiger partial charge in [0.25, 0.3) is 0 Å². The summed E-state index contributed by atoms with van der Waals surface area (Å²) in [6, 6.07) is 0. The zero-order valence-corrected chi connectivity index (χ0v) is 19.8. The van der Waals surface area contributed by atoms with E-state index in [-0.39, 0.29) is 21.7 Å². The van der Waals surface area contributed by atoms with E-state index in [0.717, 1.165) is 51.6 Å². The van der Waals surface area contributed by atoms with E-state index < -0.39 is 0 Å². The normalized spacial score (nSPS) is 11.2. The largest absolute Gasteiger partial charge is 4.00 e. The van der Waals surface area contributed by atoms with Crippen molar-refractivity contribution in [3.63, 3.8) is 0 Å². The molecular formula is C21H43N3Ti. The number of nitrogens with zero attached hydrogens (tertiary/aromatic N) is 3. The molecule has 1 aliphatic rings. The van der Waals surface area contributed by atoms with E-state index in [4.69, 9.17) is 0 Å². The second-order valence-corrected chi connectivity index (χ2v) is 5.47. The summed E-state index contributed by atoms with van der Waals surface area (Å²) in [4.78, 5) is 0. The minimum absolute atomic E-state index is 0. The minimum atomic E-state index is 0. The fourth-order valence-electron chi connectivity index (χ4n) is 1.70. The average molecular weight is 385 g/mol. The van der Waals surface area contributed by atoms with Crippen molar-refractivity contribution in [2.45, 2.75) is 68.2 Å². The van der Waals surface area contributed by atoms with Crippen LogP contribution in [0, 0.1) is 12.0 Å². The van der Waals surface area contributed by atoms with Crippen molar-refractivity contribution in [3.8, 4) is 0 Å². The van der Waals surface area contributed by atoms with Crippen molar-refractivity contribution in [3.05, 3.63) is 39.8 Å². The molecule has 0 saturated heterocycles. The Kier molecular flexibility index (Phi) is 41.6. The molecule has 4 heteroatoms. The van der Waals surface area contributed by atoms with Gasteiger partial charge in [-0.05, 0) is 5.92 Å². The Hall–Kier alpha value is 0.0743. The first-order chi connectivity index (χ1) is 11.5. The van der Waals surface area contributed by atoms with Crippen molar-refractivity contribution in [1.82, 2.24) is 0 Å². The Bertz CT molecular complexity index is 244. The Morgan fingerprint density at radius 3 is 1.32 bits per heavy atom. The molecule has 0 spiro atoms. The molecule has 0 aromatic rings. The summed E-state index contributed by atoms with van der Waals surface area (Å²) in [6.45, 7) is 22.6. The molecule has 0 bridgehead atoms. The molecule has 0 saturated carbocycles. The van der Waals surface area contributed by atoms with Crippen molar-refractivity contribution >= 4 is 0 Å². The van der Waals surface area contributed by atoms with Crippen LogP contribution in [-0.2, 0) is 21.7 Å². The monoisotopic (exact) mass is 385 g/mol. The molecule has 0 aliphatic heterocycles. The van der Waals surface area contributed by atoms with Crippen LogP contribution in [0.15, 0.2) is 17.7 Å². The van der Waals surface area contributed by atoms with Gasteiger partial charge in [0.2, 0.25) is 0 Å². The van der Waals surface area contributed by atoms with Gasteiger partial charge in [-0.15, -0.1) is 6.42 Å². The van der Waals surface area contributed by atoms with Crippen LogP contribution in [0.5, 0.6) is 0 Å². The van der Waals surface area contributed by atoms with E-state index in [2.05, 4.69) is 48.0 Å². The molecule has 1 aliphatic carbocycles. The first kappa shape index (κ1) is 32.7. The summed E-state index contributed by atoms with van der Waals surface area (Å²) in [5.74, 6) is 0.773. The third-order valence-electron chi connectivity index (χ3n) is 2.74. The maximum Gasteiger partial charge on any atom is 4.00 e. The van der Waals surface area contributed by atoms with E-state index in [9.17, 15) is 0 Å². The Morgan fingerprint density at radius 1 is 0.800 bits per heavy atom. The predicted octanol–water partition coefficient (Wildman–Crippen LogP) is 6.92. The molecule has 0 heterocycles. The molecule has 0 aromatic heterocycles. The molecule has 25 heavy (non-hydrogen) atoms. The second-order valence-electron chi connectivity index (χ2n) is 5.47. The molecule has 0 radical (unpaired) electrons. The van der Waals surface area contributed by atoms with Crippen LogP contribution in [0.2, 0.25) is 0 Å². The molecule has 146 valence electrons. The molecule has 1 rings (SSSR count). The number of rotatable bonds is 8. The summed E-state index contributed by atoms with van der Waals surface area (Å²) in [7, 11) is 0. The van der Waals surface area contributed by atoms with E-state index in [1.54, 1.807) is 0 Å². The van der Waals surface area contributed by atoms with Gasteiger partial charge in [0, 0.05) is 0 Å². The van der Waals surface area contributed by atoms with Gasteiger partial charge < -0.3 is 16.0 Å². The first-order valence-electron chi connectivity index (χ1n) is 9.69. The summed E-state index contributed by atoms with van der Waals surface area (Å²) in [6.07, 6.45) is 9.86. The van der Waals surface area contributed by atoms with Gasteiger partial charge in [-0.25, -0.2) is 11.6 Å². The molecule has 3 nitrogen and oxygen atoms in total. The van der Waals surface area contributed by atoms with Gasteiger partial charge in [0.1, 0.15) is 0 Å². The molecular weight excluding hydrogens is 342 g/mol. The van der Waals surface area contributed by atoms with Crippen molar-refractivity contribution in [2.24, 2.45) is 5.92 Å². The van der Waals surface area contributed by atoms with Crippen LogP contribution in [0.1, 0.15) is 68.2 Å². The molecule has 0 amide bonds. The molecule has 0 N–H and O–H groups in total.